The molecule has 1 atom stereocenters. The molecule has 1 heterocycles. The van der Waals surface area contributed by atoms with Gasteiger partial charge in [-0.3, -0.25) is 4.68 Å². The van der Waals surface area contributed by atoms with E-state index in [0.29, 0.717) is 5.02 Å². The molecule has 20 heavy (non-hydrogen) atoms. The fourth-order valence-corrected chi connectivity index (χ4v) is 3.35. The van der Waals surface area contributed by atoms with Crippen LogP contribution in [0.4, 0.5) is 0 Å². The highest BCUT2D eigenvalue weighted by Gasteiger charge is 2.31. The van der Waals surface area contributed by atoms with E-state index in [2.05, 4.69) is 36.3 Å². The fraction of sp³-hybridized carbons (Fsp3) is 0.438. The fourth-order valence-electron chi connectivity index (χ4n) is 3.10. The number of aliphatic hydroxyl groups excluding tert-OH is 1. The van der Waals surface area contributed by atoms with Gasteiger partial charge in [-0.15, -0.1) is 0 Å². The molecule has 0 radical (unpaired) electrons. The first-order valence-corrected chi connectivity index (χ1v) is 7.54. The number of nitrogens with zero attached hydrogens (tertiary/aromatic N) is 2. The summed E-state index contributed by atoms with van der Waals surface area (Å²) in [6.07, 6.45) is 3.88. The van der Waals surface area contributed by atoms with Crippen LogP contribution < -0.4 is 0 Å². The van der Waals surface area contributed by atoms with Gasteiger partial charge in [0.15, 0.2) is 0 Å². The second-order valence-electron chi connectivity index (χ2n) is 5.48. The quantitative estimate of drug-likeness (QED) is 0.937. The van der Waals surface area contributed by atoms with Crippen molar-refractivity contribution in [2.75, 3.05) is 0 Å². The number of fused-ring (bicyclic) bond motifs is 1. The van der Waals surface area contributed by atoms with Crippen LogP contribution in [0, 0.1) is 5.92 Å². The van der Waals surface area contributed by atoms with Crippen molar-refractivity contribution in [3.63, 3.8) is 0 Å². The molecular formula is C16H19ClN2O. The van der Waals surface area contributed by atoms with Gasteiger partial charge in [-0.2, -0.15) is 5.10 Å². The van der Waals surface area contributed by atoms with Crippen LogP contribution in [0.25, 0.3) is 0 Å². The molecule has 3 rings (SSSR count). The van der Waals surface area contributed by atoms with Crippen LogP contribution in [0.15, 0.2) is 30.5 Å². The van der Waals surface area contributed by atoms with Gasteiger partial charge in [-0.1, -0.05) is 42.8 Å². The van der Waals surface area contributed by atoms with Crippen molar-refractivity contribution < 1.29 is 5.11 Å². The number of hydrogen-bond acceptors (Lipinski definition) is 2. The Hall–Kier alpha value is -1.32. The van der Waals surface area contributed by atoms with E-state index in [0.717, 1.165) is 31.5 Å². The number of aryl methyl sites for hydroxylation is 1. The summed E-state index contributed by atoms with van der Waals surface area (Å²) in [5, 5.41) is 15.6. The largest absolute Gasteiger partial charge is 0.386 e. The molecule has 1 aromatic carbocycles. The molecule has 3 nitrogen and oxygen atoms in total. The van der Waals surface area contributed by atoms with Crippen LogP contribution in [0.2, 0.25) is 5.02 Å². The van der Waals surface area contributed by atoms with Gasteiger partial charge in [0, 0.05) is 6.54 Å². The highest BCUT2D eigenvalue weighted by molar-refractivity contribution is 6.31. The van der Waals surface area contributed by atoms with Crippen molar-refractivity contribution in [2.45, 2.75) is 38.8 Å². The van der Waals surface area contributed by atoms with Crippen LogP contribution in [-0.2, 0) is 19.4 Å². The lowest BCUT2D eigenvalue weighted by Gasteiger charge is -2.19. The molecule has 106 valence electrons. The van der Waals surface area contributed by atoms with E-state index >= 15 is 0 Å². The molecule has 1 aromatic heterocycles. The van der Waals surface area contributed by atoms with E-state index in [1.165, 1.54) is 11.1 Å². The molecule has 1 aliphatic rings. The van der Waals surface area contributed by atoms with E-state index in [1.807, 2.05) is 4.68 Å². The van der Waals surface area contributed by atoms with E-state index in [9.17, 15) is 5.11 Å². The Morgan fingerprint density at radius 2 is 2.00 bits per heavy atom. The molecule has 0 fully saturated rings. The average molecular weight is 291 g/mol. The summed E-state index contributed by atoms with van der Waals surface area (Å²) in [5.41, 5.74) is 3.45. The van der Waals surface area contributed by atoms with E-state index < -0.39 is 6.10 Å². The molecule has 0 amide bonds. The molecular weight excluding hydrogens is 272 g/mol. The van der Waals surface area contributed by atoms with Crippen molar-refractivity contribution in [3.05, 3.63) is 52.3 Å². The molecule has 0 aliphatic heterocycles. The Balaban J connectivity index is 1.84. The Morgan fingerprint density at radius 3 is 2.60 bits per heavy atom. The lowest BCUT2D eigenvalue weighted by molar-refractivity contribution is 0.104. The SMILES string of the molecule is CCCn1ncc(Cl)c1C(O)C1Cc2ccccc2C1. The Labute approximate surface area is 124 Å². The second kappa shape index (κ2) is 5.58. The van der Waals surface area contributed by atoms with E-state index in [-0.39, 0.29) is 5.92 Å². The number of benzene rings is 1. The third kappa shape index (κ3) is 2.36. The molecule has 0 spiro atoms. The highest BCUT2D eigenvalue weighted by Crippen LogP contribution is 2.37. The summed E-state index contributed by atoms with van der Waals surface area (Å²) in [6.45, 7) is 2.88. The van der Waals surface area contributed by atoms with Crippen molar-refractivity contribution in [2.24, 2.45) is 5.92 Å². The molecule has 1 N–H and O–H groups in total. The van der Waals surface area contributed by atoms with Gasteiger partial charge < -0.3 is 5.11 Å². The zero-order valence-electron chi connectivity index (χ0n) is 11.6. The standard InChI is InChI=1S/C16H19ClN2O/c1-2-7-19-15(14(17)10-18-19)16(20)13-8-11-5-3-4-6-12(11)9-13/h3-6,10,13,16,20H,2,7-9H2,1H3. The summed E-state index contributed by atoms with van der Waals surface area (Å²) < 4.78 is 1.84. The minimum Gasteiger partial charge on any atom is -0.386 e. The monoisotopic (exact) mass is 290 g/mol. The van der Waals surface area contributed by atoms with Crippen LogP contribution in [0.3, 0.4) is 0 Å². The van der Waals surface area contributed by atoms with Crippen molar-refractivity contribution in [1.29, 1.82) is 0 Å². The van der Waals surface area contributed by atoms with Crippen LogP contribution in [0.5, 0.6) is 0 Å². The first kappa shape index (κ1) is 13.7. The second-order valence-corrected chi connectivity index (χ2v) is 5.89. The smallest absolute Gasteiger partial charge is 0.101 e. The molecule has 0 saturated heterocycles. The summed E-state index contributed by atoms with van der Waals surface area (Å²) in [5.74, 6) is 0.192. The van der Waals surface area contributed by atoms with Gasteiger partial charge in [0.2, 0.25) is 0 Å². The predicted octanol–water partition coefficient (Wildman–Crippen LogP) is 3.39. The highest BCUT2D eigenvalue weighted by atomic mass is 35.5. The number of hydrogen-bond donors (Lipinski definition) is 1. The Bertz CT molecular complexity index is 583. The number of aliphatic hydroxyl groups is 1. The normalized spacial score (nSPS) is 16.4. The van der Waals surface area contributed by atoms with Crippen molar-refractivity contribution in [3.8, 4) is 0 Å². The van der Waals surface area contributed by atoms with Gasteiger partial charge in [0.1, 0.15) is 6.10 Å². The molecule has 0 saturated carbocycles. The summed E-state index contributed by atoms with van der Waals surface area (Å²) in [6, 6.07) is 8.41. The minimum atomic E-state index is -0.552. The number of rotatable bonds is 4. The number of halogens is 1. The van der Waals surface area contributed by atoms with Gasteiger partial charge in [0.25, 0.3) is 0 Å². The maximum absolute atomic E-state index is 10.7. The average Bonchev–Trinajstić information content (AvgIpc) is 3.02. The van der Waals surface area contributed by atoms with Crippen molar-refractivity contribution in [1.82, 2.24) is 9.78 Å². The molecule has 4 heteroatoms. The van der Waals surface area contributed by atoms with Gasteiger partial charge in [0.05, 0.1) is 16.9 Å². The van der Waals surface area contributed by atoms with Gasteiger partial charge in [-0.05, 0) is 36.3 Å². The van der Waals surface area contributed by atoms with E-state index in [4.69, 9.17) is 11.6 Å². The molecule has 2 aromatic rings. The van der Waals surface area contributed by atoms with Crippen LogP contribution >= 0.6 is 11.6 Å². The topological polar surface area (TPSA) is 38.0 Å². The predicted molar refractivity (Wildman–Crippen MR) is 79.8 cm³/mol. The van der Waals surface area contributed by atoms with Crippen molar-refractivity contribution >= 4 is 11.6 Å². The van der Waals surface area contributed by atoms with Crippen LogP contribution in [0.1, 0.15) is 36.3 Å². The maximum Gasteiger partial charge on any atom is 0.101 e. The Kier molecular flexibility index (Phi) is 3.81. The third-order valence-electron chi connectivity index (χ3n) is 4.08. The molecule has 1 aliphatic carbocycles. The third-order valence-corrected chi connectivity index (χ3v) is 4.37. The minimum absolute atomic E-state index is 0.192. The lowest BCUT2D eigenvalue weighted by atomic mass is 9.96. The first-order valence-electron chi connectivity index (χ1n) is 7.16. The van der Waals surface area contributed by atoms with Crippen LogP contribution in [-0.4, -0.2) is 14.9 Å². The van der Waals surface area contributed by atoms with E-state index in [1.54, 1.807) is 6.20 Å². The summed E-state index contributed by atoms with van der Waals surface area (Å²) in [7, 11) is 0. The zero-order valence-corrected chi connectivity index (χ0v) is 12.3. The van der Waals surface area contributed by atoms with Gasteiger partial charge >= 0.3 is 0 Å². The Morgan fingerprint density at radius 1 is 1.35 bits per heavy atom. The summed E-state index contributed by atoms with van der Waals surface area (Å²) >= 11 is 6.22. The molecule has 1 unspecified atom stereocenters. The van der Waals surface area contributed by atoms with Gasteiger partial charge in [-0.25, -0.2) is 0 Å². The molecule has 0 bridgehead atoms. The summed E-state index contributed by atoms with van der Waals surface area (Å²) in [4.78, 5) is 0. The zero-order chi connectivity index (χ0) is 14.1. The maximum atomic E-state index is 10.7. The first-order chi connectivity index (χ1) is 9.70. The lowest BCUT2D eigenvalue weighted by Crippen LogP contribution is -2.18. The number of aromatic nitrogens is 2.